The van der Waals surface area contributed by atoms with Gasteiger partial charge in [0, 0.05) is 49.5 Å². The number of benzene rings is 4. The van der Waals surface area contributed by atoms with Crippen molar-refractivity contribution in [2.75, 3.05) is 65.7 Å². The molecule has 14 nitrogen and oxygen atoms in total. The van der Waals surface area contributed by atoms with E-state index in [0.29, 0.717) is 99.8 Å². The average molecular weight is 819 g/mol. The van der Waals surface area contributed by atoms with Gasteiger partial charge in [-0.15, -0.1) is 0 Å². The summed E-state index contributed by atoms with van der Waals surface area (Å²) in [7, 11) is 0. The largest absolute Gasteiger partial charge is 0.443 e. The topological polar surface area (TPSA) is 149 Å². The fourth-order valence-corrected chi connectivity index (χ4v) is 7.94. The molecule has 4 aromatic carbocycles. The first-order valence-electron chi connectivity index (χ1n) is 20.2. The molecule has 0 N–H and O–H groups in total. The van der Waals surface area contributed by atoms with Gasteiger partial charge < -0.3 is 37.9 Å². The van der Waals surface area contributed by atoms with Gasteiger partial charge in [0.05, 0.1) is 26.4 Å². The highest BCUT2D eigenvalue weighted by molar-refractivity contribution is 6.00. The van der Waals surface area contributed by atoms with E-state index >= 15 is 0 Å². The van der Waals surface area contributed by atoms with E-state index in [1.807, 2.05) is 12.1 Å². The molecule has 14 heteroatoms. The number of esters is 4. The second kappa shape index (κ2) is 18.5. The third-order valence-electron chi connectivity index (χ3n) is 11.0. The molecule has 2 unspecified atom stereocenters. The zero-order valence-corrected chi connectivity index (χ0v) is 33.0. The second-order valence-corrected chi connectivity index (χ2v) is 14.8. The Labute approximate surface area is 347 Å². The molecule has 4 aliphatic heterocycles. The van der Waals surface area contributed by atoms with Gasteiger partial charge in [-0.3, -0.25) is 19.4 Å². The van der Waals surface area contributed by atoms with Crippen LogP contribution in [0.3, 0.4) is 0 Å². The molecule has 0 spiro atoms. The van der Waals surface area contributed by atoms with Gasteiger partial charge in [0.15, 0.2) is 23.0 Å². The summed E-state index contributed by atoms with van der Waals surface area (Å²) in [6, 6.07) is 32.1. The normalized spacial score (nSPS) is 19.0. The van der Waals surface area contributed by atoms with Gasteiger partial charge in [0.1, 0.15) is 11.8 Å². The van der Waals surface area contributed by atoms with Gasteiger partial charge in [-0.25, -0.2) is 9.59 Å². The van der Waals surface area contributed by atoms with Crippen molar-refractivity contribution in [1.82, 2.24) is 9.80 Å². The zero-order valence-electron chi connectivity index (χ0n) is 33.0. The fourth-order valence-electron chi connectivity index (χ4n) is 7.94. The summed E-state index contributed by atoms with van der Waals surface area (Å²) in [4.78, 5) is 59.3. The van der Waals surface area contributed by atoms with Crippen LogP contribution in [-0.4, -0.2) is 99.4 Å². The average Bonchev–Trinajstić information content (AvgIpc) is 3.88. The molecule has 0 aliphatic carbocycles. The Hall–Kier alpha value is -6.06. The number of nitrogens with zero attached hydrogens (tertiary/aromatic N) is 2. The highest BCUT2D eigenvalue weighted by Gasteiger charge is 2.56. The maximum atomic E-state index is 14.2. The maximum absolute atomic E-state index is 14.2. The Morgan fingerprint density at radius 1 is 0.500 bits per heavy atom. The monoisotopic (exact) mass is 818 g/mol. The quantitative estimate of drug-likeness (QED) is 0.0954. The van der Waals surface area contributed by atoms with Crippen LogP contribution >= 0.6 is 0 Å². The van der Waals surface area contributed by atoms with Gasteiger partial charge in [-0.05, 0) is 50.2 Å². The summed E-state index contributed by atoms with van der Waals surface area (Å²) in [6.07, 6.45) is 1.89. The standard InChI is InChI=1S/C46H46N2O12/c49-41(55-43(51)35(21-23-47-25-29-53-30-26-47)45(33-11-3-1-4-12-33)57-37-15-7-8-16-38(37)58-45)19-20-42(50)56-44(52)36(22-24-48-27-31-54-32-28-48)46(34-13-5-2-6-14-34)59-39-17-9-10-18-40(39)60-46/h1-20,35-36H,21-32H2/b20-19-. The Morgan fingerprint density at radius 2 is 0.817 bits per heavy atom. The SMILES string of the molecule is O=C(/C=C\C(=O)OC(=O)C(CCN1CCOCC1)C1(c2ccccc2)Oc2ccccc2O1)OC(=O)C(CCN1CCOCC1)C1(c2ccccc2)Oc2ccccc2O1. The minimum atomic E-state index is -1.67. The predicted octanol–water partition coefficient (Wildman–Crippen LogP) is 5.01. The van der Waals surface area contributed by atoms with Crippen LogP contribution < -0.4 is 18.9 Å². The van der Waals surface area contributed by atoms with E-state index in [1.54, 1.807) is 97.1 Å². The Kier molecular flexibility index (Phi) is 12.5. The van der Waals surface area contributed by atoms with E-state index in [9.17, 15) is 19.2 Å². The van der Waals surface area contributed by atoms with Gasteiger partial charge >= 0.3 is 23.9 Å². The third kappa shape index (κ3) is 8.92. The number of hydrogen-bond acceptors (Lipinski definition) is 14. The lowest BCUT2D eigenvalue weighted by atomic mass is 9.88. The molecule has 60 heavy (non-hydrogen) atoms. The first kappa shape index (κ1) is 40.7. The highest BCUT2D eigenvalue weighted by atomic mass is 16.7. The molecule has 4 aliphatic rings. The van der Waals surface area contributed by atoms with Gasteiger partial charge in [0.2, 0.25) is 0 Å². The minimum Gasteiger partial charge on any atom is -0.443 e. The lowest BCUT2D eigenvalue weighted by Gasteiger charge is -2.36. The van der Waals surface area contributed by atoms with Gasteiger partial charge in [0.25, 0.3) is 11.6 Å². The van der Waals surface area contributed by atoms with Gasteiger partial charge in [-0.1, -0.05) is 84.9 Å². The van der Waals surface area contributed by atoms with Crippen molar-refractivity contribution < 1.29 is 57.1 Å². The number of ether oxygens (including phenoxy) is 8. The van der Waals surface area contributed by atoms with Gasteiger partial charge in [-0.2, -0.15) is 0 Å². The van der Waals surface area contributed by atoms with Crippen molar-refractivity contribution in [3.63, 3.8) is 0 Å². The van der Waals surface area contributed by atoms with Crippen LogP contribution in [0, 0.1) is 11.8 Å². The molecular formula is C46H46N2O12. The molecule has 0 amide bonds. The number of carbonyl (C=O) groups is 4. The third-order valence-corrected chi connectivity index (χ3v) is 11.0. The van der Waals surface area contributed by atoms with E-state index in [4.69, 9.17) is 37.9 Å². The van der Waals surface area contributed by atoms with Crippen molar-refractivity contribution >= 4 is 23.9 Å². The smallest absolute Gasteiger partial charge is 0.338 e. The van der Waals surface area contributed by atoms with Crippen molar-refractivity contribution in [3.05, 3.63) is 132 Å². The Morgan fingerprint density at radius 3 is 1.15 bits per heavy atom. The first-order chi connectivity index (χ1) is 29.3. The van der Waals surface area contributed by atoms with E-state index in [1.165, 1.54) is 0 Å². The lowest BCUT2D eigenvalue weighted by molar-refractivity contribution is -0.186. The summed E-state index contributed by atoms with van der Waals surface area (Å²) in [5.41, 5.74) is 1.09. The van der Waals surface area contributed by atoms with Crippen LogP contribution in [0.1, 0.15) is 24.0 Å². The number of para-hydroxylation sites is 4. The molecule has 2 fully saturated rings. The number of hydrogen-bond donors (Lipinski definition) is 0. The molecular weight excluding hydrogens is 773 g/mol. The van der Waals surface area contributed by atoms with Crippen LogP contribution in [0.15, 0.2) is 121 Å². The summed E-state index contributed by atoms with van der Waals surface area (Å²) in [5.74, 6) is -8.06. The van der Waals surface area contributed by atoms with Crippen LogP contribution in [0.25, 0.3) is 0 Å². The van der Waals surface area contributed by atoms with Crippen LogP contribution in [0.2, 0.25) is 0 Å². The number of morpholine rings is 2. The maximum Gasteiger partial charge on any atom is 0.338 e. The summed E-state index contributed by atoms with van der Waals surface area (Å²) in [5, 5.41) is 0. The predicted molar refractivity (Wildman–Crippen MR) is 214 cm³/mol. The molecule has 0 radical (unpaired) electrons. The van der Waals surface area contributed by atoms with E-state index in [2.05, 4.69) is 9.80 Å². The number of carbonyl (C=O) groups excluding carboxylic acids is 4. The highest BCUT2D eigenvalue weighted by Crippen LogP contribution is 2.50. The molecule has 0 bridgehead atoms. The summed E-state index contributed by atoms with van der Waals surface area (Å²) in [6.45, 7) is 5.76. The minimum absolute atomic E-state index is 0.193. The molecule has 4 aromatic rings. The number of rotatable bonds is 14. The van der Waals surface area contributed by atoms with Crippen molar-refractivity contribution in [1.29, 1.82) is 0 Å². The molecule has 8 rings (SSSR count). The van der Waals surface area contributed by atoms with Crippen LogP contribution in [0.5, 0.6) is 23.0 Å². The lowest BCUT2D eigenvalue weighted by Crippen LogP contribution is -2.49. The van der Waals surface area contributed by atoms with E-state index in [-0.39, 0.29) is 12.8 Å². The Balaban J connectivity index is 1.00. The Bertz CT molecular complexity index is 1970. The zero-order chi connectivity index (χ0) is 41.4. The van der Waals surface area contributed by atoms with Crippen molar-refractivity contribution in [3.8, 4) is 23.0 Å². The molecule has 2 saturated heterocycles. The molecule has 2 atom stereocenters. The number of fused-ring (bicyclic) bond motifs is 2. The summed E-state index contributed by atoms with van der Waals surface area (Å²) < 4.78 is 47.7. The van der Waals surface area contributed by atoms with E-state index < -0.39 is 47.3 Å². The summed E-state index contributed by atoms with van der Waals surface area (Å²) >= 11 is 0. The van der Waals surface area contributed by atoms with E-state index in [0.717, 1.165) is 12.2 Å². The molecule has 0 aromatic heterocycles. The van der Waals surface area contributed by atoms with Crippen molar-refractivity contribution in [2.45, 2.75) is 24.4 Å². The molecule has 312 valence electrons. The fraction of sp³-hybridized carbons (Fsp3) is 0.348. The van der Waals surface area contributed by atoms with Crippen molar-refractivity contribution in [2.24, 2.45) is 11.8 Å². The van der Waals surface area contributed by atoms with Crippen LogP contribution in [-0.2, 0) is 49.7 Å². The molecule has 4 heterocycles. The first-order valence-corrected chi connectivity index (χ1v) is 20.2. The molecule has 0 saturated carbocycles. The second-order valence-electron chi connectivity index (χ2n) is 14.8. The van der Waals surface area contributed by atoms with Crippen LogP contribution in [0.4, 0.5) is 0 Å².